The van der Waals surface area contributed by atoms with Crippen LogP contribution in [0.25, 0.3) is 0 Å². The third-order valence-corrected chi connectivity index (χ3v) is 7.84. The highest BCUT2D eigenvalue weighted by molar-refractivity contribution is 9.11. The molecule has 0 bridgehead atoms. The number of anilines is 4. The molecule has 5 rings (SSSR count). The van der Waals surface area contributed by atoms with Crippen LogP contribution in [-0.2, 0) is 0 Å². The van der Waals surface area contributed by atoms with Crippen LogP contribution in [0.3, 0.4) is 0 Å². The Morgan fingerprint density at radius 3 is 1.32 bits per heavy atom. The van der Waals surface area contributed by atoms with Crippen LogP contribution >= 0.6 is 63.7 Å². The fraction of sp³-hybridized carbons (Fsp3) is 0. The van der Waals surface area contributed by atoms with Gasteiger partial charge in [-0.25, -0.2) is 0 Å². The molecule has 168 valence electrons. The molecule has 0 heterocycles. The first-order chi connectivity index (χ1) is 16.3. The molecule has 2 N–H and O–H groups in total. The van der Waals surface area contributed by atoms with E-state index in [0.29, 0.717) is 33.6 Å². The van der Waals surface area contributed by atoms with Crippen molar-refractivity contribution in [2.45, 2.75) is 0 Å². The molecule has 4 nitrogen and oxygen atoms in total. The maximum atomic E-state index is 13.7. The predicted octanol–water partition coefficient (Wildman–Crippen LogP) is 9.00. The Bertz CT molecular complexity index is 1390. The van der Waals surface area contributed by atoms with Gasteiger partial charge in [-0.05, 0) is 80.4 Å². The summed E-state index contributed by atoms with van der Waals surface area (Å²) in [7, 11) is 0. The van der Waals surface area contributed by atoms with Gasteiger partial charge in [-0.1, -0.05) is 56.1 Å². The molecule has 0 aromatic heterocycles. The van der Waals surface area contributed by atoms with Crippen molar-refractivity contribution in [1.82, 2.24) is 0 Å². The van der Waals surface area contributed by atoms with Crippen molar-refractivity contribution in [3.05, 3.63) is 113 Å². The van der Waals surface area contributed by atoms with Crippen LogP contribution in [0.15, 0.2) is 90.7 Å². The van der Waals surface area contributed by atoms with Crippen LogP contribution < -0.4 is 10.6 Å². The summed E-state index contributed by atoms with van der Waals surface area (Å²) in [5.41, 5.74) is 4.20. The SMILES string of the molecule is O=C1c2cccc(Nc3cc(Br)ccc3Br)c2C(=O)c2cccc(Nc3cc(Br)ccc3Br)c21. The van der Waals surface area contributed by atoms with E-state index in [-0.39, 0.29) is 11.6 Å². The molecule has 8 heteroatoms. The Morgan fingerprint density at radius 1 is 0.500 bits per heavy atom. The van der Waals surface area contributed by atoms with Gasteiger partial charge in [0, 0.05) is 29.0 Å². The highest BCUT2D eigenvalue weighted by Gasteiger charge is 2.33. The standard InChI is InChI=1S/C26H14Br4N2O2/c27-13-7-9-17(29)21(11-13)31-19-5-1-3-15-23(19)26(34)16-4-2-6-20(24(16)25(15)33)32-22-12-14(28)8-10-18(22)30/h1-12,31-32H. The van der Waals surface area contributed by atoms with Crippen LogP contribution in [0.5, 0.6) is 0 Å². The minimum atomic E-state index is -0.198. The second kappa shape index (κ2) is 9.41. The Kier molecular flexibility index (Phi) is 6.50. The molecule has 0 unspecified atom stereocenters. The first-order valence-electron chi connectivity index (χ1n) is 10.1. The summed E-state index contributed by atoms with van der Waals surface area (Å²) in [6, 6.07) is 22.0. The topological polar surface area (TPSA) is 58.2 Å². The fourth-order valence-corrected chi connectivity index (χ4v) is 5.34. The van der Waals surface area contributed by atoms with Gasteiger partial charge in [0.05, 0.1) is 33.9 Å². The minimum Gasteiger partial charge on any atom is -0.354 e. The van der Waals surface area contributed by atoms with Gasteiger partial charge in [-0.3, -0.25) is 9.59 Å². The number of fused-ring (bicyclic) bond motifs is 2. The number of hydrogen-bond donors (Lipinski definition) is 2. The smallest absolute Gasteiger partial charge is 0.196 e. The maximum Gasteiger partial charge on any atom is 0.196 e. The molecule has 1 aliphatic carbocycles. The summed E-state index contributed by atoms with van der Waals surface area (Å²) in [5, 5.41) is 6.63. The second-order valence-corrected chi connectivity index (χ2v) is 11.2. The number of nitrogens with one attached hydrogen (secondary N) is 2. The van der Waals surface area contributed by atoms with Crippen molar-refractivity contribution in [3.8, 4) is 0 Å². The number of benzene rings is 4. The van der Waals surface area contributed by atoms with Gasteiger partial charge in [-0.15, -0.1) is 0 Å². The summed E-state index contributed by atoms with van der Waals surface area (Å²) in [4.78, 5) is 27.4. The number of hydrogen-bond acceptors (Lipinski definition) is 4. The average Bonchev–Trinajstić information content (AvgIpc) is 2.82. The van der Waals surface area contributed by atoms with E-state index in [1.165, 1.54) is 0 Å². The number of ketones is 2. The van der Waals surface area contributed by atoms with Crippen molar-refractivity contribution < 1.29 is 9.59 Å². The third kappa shape index (κ3) is 4.28. The Morgan fingerprint density at radius 2 is 0.912 bits per heavy atom. The van der Waals surface area contributed by atoms with E-state index in [2.05, 4.69) is 74.4 Å². The molecule has 34 heavy (non-hydrogen) atoms. The zero-order valence-corrected chi connectivity index (χ0v) is 23.6. The van der Waals surface area contributed by atoms with Crippen LogP contribution in [0.1, 0.15) is 31.8 Å². The van der Waals surface area contributed by atoms with Gasteiger partial charge in [0.15, 0.2) is 11.6 Å². The molecular weight excluding hydrogens is 692 g/mol. The monoisotopic (exact) mass is 702 g/mol. The van der Waals surface area contributed by atoms with Crippen LogP contribution in [0.4, 0.5) is 22.7 Å². The molecule has 0 atom stereocenters. The van der Waals surface area contributed by atoms with Gasteiger partial charge in [0.2, 0.25) is 0 Å². The Labute approximate surface area is 229 Å². The van der Waals surface area contributed by atoms with Crippen molar-refractivity contribution in [2.75, 3.05) is 10.6 Å². The molecule has 0 amide bonds. The van der Waals surface area contributed by atoms with Crippen LogP contribution in [0.2, 0.25) is 0 Å². The van der Waals surface area contributed by atoms with Crippen molar-refractivity contribution in [2.24, 2.45) is 0 Å². The van der Waals surface area contributed by atoms with E-state index in [0.717, 1.165) is 29.3 Å². The molecule has 0 saturated heterocycles. The third-order valence-electron chi connectivity index (χ3n) is 5.47. The van der Waals surface area contributed by atoms with E-state index in [9.17, 15) is 9.59 Å². The molecular formula is C26H14Br4N2O2. The largest absolute Gasteiger partial charge is 0.354 e. The maximum absolute atomic E-state index is 13.7. The normalized spacial score (nSPS) is 12.2. The lowest BCUT2D eigenvalue weighted by molar-refractivity contribution is 0.0980. The first kappa shape index (κ1) is 23.5. The minimum absolute atomic E-state index is 0.198. The van der Waals surface area contributed by atoms with E-state index in [1.54, 1.807) is 24.3 Å². The molecule has 1 aliphatic rings. The lowest BCUT2D eigenvalue weighted by atomic mass is 9.82. The quantitative estimate of drug-likeness (QED) is 0.196. The fourth-order valence-electron chi connectivity index (χ4n) is 3.93. The average molecular weight is 706 g/mol. The molecule has 0 radical (unpaired) electrons. The Balaban J connectivity index is 1.60. The zero-order valence-electron chi connectivity index (χ0n) is 17.3. The molecule has 0 aliphatic heterocycles. The van der Waals surface area contributed by atoms with Gasteiger partial charge in [0.25, 0.3) is 0 Å². The number of rotatable bonds is 4. The van der Waals surface area contributed by atoms with Crippen molar-refractivity contribution in [3.63, 3.8) is 0 Å². The van der Waals surface area contributed by atoms with Crippen LogP contribution in [0, 0.1) is 0 Å². The van der Waals surface area contributed by atoms with E-state index >= 15 is 0 Å². The molecule has 4 aromatic rings. The highest BCUT2D eigenvalue weighted by atomic mass is 79.9. The first-order valence-corrected chi connectivity index (χ1v) is 13.3. The highest BCUT2D eigenvalue weighted by Crippen LogP contribution is 2.39. The molecule has 0 fully saturated rings. The Hall–Kier alpha value is -2.26. The van der Waals surface area contributed by atoms with Crippen molar-refractivity contribution in [1.29, 1.82) is 0 Å². The van der Waals surface area contributed by atoms with E-state index in [4.69, 9.17) is 0 Å². The summed E-state index contributed by atoms with van der Waals surface area (Å²) >= 11 is 14.0. The summed E-state index contributed by atoms with van der Waals surface area (Å²) in [6.07, 6.45) is 0. The van der Waals surface area contributed by atoms with Gasteiger partial charge in [0.1, 0.15) is 0 Å². The summed E-state index contributed by atoms with van der Waals surface area (Å²) in [5.74, 6) is -0.397. The van der Waals surface area contributed by atoms with Crippen molar-refractivity contribution >= 4 is 98.0 Å². The van der Waals surface area contributed by atoms with Gasteiger partial charge >= 0.3 is 0 Å². The summed E-state index contributed by atoms with van der Waals surface area (Å²) < 4.78 is 3.47. The molecule has 0 spiro atoms. The number of carbonyl (C=O) groups excluding carboxylic acids is 2. The molecule has 4 aromatic carbocycles. The predicted molar refractivity (Wildman–Crippen MR) is 150 cm³/mol. The van der Waals surface area contributed by atoms with Gasteiger partial charge in [-0.2, -0.15) is 0 Å². The molecule has 0 saturated carbocycles. The van der Waals surface area contributed by atoms with Crippen LogP contribution in [-0.4, -0.2) is 11.6 Å². The number of carbonyl (C=O) groups is 2. The summed E-state index contributed by atoms with van der Waals surface area (Å²) in [6.45, 7) is 0. The lowest BCUT2D eigenvalue weighted by Crippen LogP contribution is -2.23. The van der Waals surface area contributed by atoms with E-state index in [1.807, 2.05) is 48.5 Å². The second-order valence-electron chi connectivity index (χ2n) is 7.61. The van der Waals surface area contributed by atoms with E-state index < -0.39 is 0 Å². The lowest BCUT2D eigenvalue weighted by Gasteiger charge is -2.23. The number of halogens is 4. The van der Waals surface area contributed by atoms with Gasteiger partial charge < -0.3 is 10.6 Å². The zero-order chi connectivity index (χ0) is 24.0.